The normalized spacial score (nSPS) is 21.0. The lowest BCUT2D eigenvalue weighted by atomic mass is 9.83. The lowest BCUT2D eigenvalue weighted by molar-refractivity contribution is -0.139. The van der Waals surface area contributed by atoms with Crippen molar-refractivity contribution >= 4 is 29.6 Å². The molecule has 2 unspecified atom stereocenters. The van der Waals surface area contributed by atoms with Gasteiger partial charge in [-0.1, -0.05) is 23.9 Å². The van der Waals surface area contributed by atoms with Gasteiger partial charge in [-0.25, -0.2) is 4.79 Å². The molecule has 0 aliphatic carbocycles. The van der Waals surface area contributed by atoms with Crippen molar-refractivity contribution in [2.24, 2.45) is 5.73 Å². The van der Waals surface area contributed by atoms with Gasteiger partial charge in [0.25, 0.3) is 0 Å². The zero-order valence-corrected chi connectivity index (χ0v) is 16.4. The van der Waals surface area contributed by atoms with Crippen LogP contribution in [0, 0.1) is 11.3 Å². The molecule has 1 aromatic carbocycles. The molecule has 1 amide bonds. The average molecular weight is 415 g/mol. The number of fused-ring (bicyclic) bond motifs is 1. The van der Waals surface area contributed by atoms with Crippen LogP contribution in [0.25, 0.3) is 0 Å². The van der Waals surface area contributed by atoms with E-state index in [2.05, 4.69) is 6.07 Å². The Morgan fingerprint density at radius 2 is 1.97 bits per heavy atom. The van der Waals surface area contributed by atoms with Gasteiger partial charge in [-0.05, 0) is 17.7 Å². The van der Waals surface area contributed by atoms with Crippen LogP contribution in [0.1, 0.15) is 17.9 Å². The molecule has 2 atom stereocenters. The maximum absolute atomic E-state index is 12.7. The minimum atomic E-state index is -1.16. The molecule has 2 aliphatic heterocycles. The summed E-state index contributed by atoms with van der Waals surface area (Å²) in [5.41, 5.74) is 6.82. The number of thioether (sulfide) groups is 1. The molecule has 9 nitrogen and oxygen atoms in total. The zero-order valence-electron chi connectivity index (χ0n) is 15.5. The van der Waals surface area contributed by atoms with E-state index in [-0.39, 0.29) is 22.0 Å². The fourth-order valence-electron chi connectivity index (χ4n) is 3.29. The second kappa shape index (κ2) is 7.89. The number of carboxylic acids is 1. The molecular weight excluding hydrogens is 398 g/mol. The molecule has 10 heteroatoms. The molecule has 0 spiro atoms. The van der Waals surface area contributed by atoms with Gasteiger partial charge in [0.05, 0.1) is 48.8 Å². The molecule has 150 valence electrons. The van der Waals surface area contributed by atoms with Gasteiger partial charge in [-0.2, -0.15) is 5.26 Å². The van der Waals surface area contributed by atoms with Gasteiger partial charge in [0.15, 0.2) is 0 Å². The molecule has 2 aliphatic rings. The second-order valence-electron chi connectivity index (χ2n) is 6.21. The summed E-state index contributed by atoms with van der Waals surface area (Å²) in [5, 5.41) is 18.2. The number of aliphatic carboxylic acids is 1. The highest BCUT2D eigenvalue weighted by molar-refractivity contribution is 8.04. The third kappa shape index (κ3) is 3.40. The van der Waals surface area contributed by atoms with E-state index in [0.717, 1.165) is 16.7 Å². The number of allylic oxidation sites excluding steroid dienone is 1. The van der Waals surface area contributed by atoms with Crippen molar-refractivity contribution in [2.75, 3.05) is 14.2 Å². The van der Waals surface area contributed by atoms with E-state index in [9.17, 15) is 19.6 Å². The highest BCUT2D eigenvalue weighted by Crippen LogP contribution is 2.49. The van der Waals surface area contributed by atoms with Crippen LogP contribution in [0.3, 0.4) is 0 Å². The number of amides is 1. The van der Waals surface area contributed by atoms with Crippen molar-refractivity contribution in [1.82, 2.24) is 4.90 Å². The minimum absolute atomic E-state index is 0.0529. The maximum atomic E-state index is 12.7. The van der Waals surface area contributed by atoms with Crippen LogP contribution in [0.4, 0.5) is 0 Å². The number of esters is 1. The molecule has 0 saturated carbocycles. The molecule has 2 heterocycles. The number of hydrogen-bond acceptors (Lipinski definition) is 8. The van der Waals surface area contributed by atoms with Gasteiger partial charge in [-0.15, -0.1) is 0 Å². The first kappa shape index (κ1) is 20.3. The van der Waals surface area contributed by atoms with Crippen LogP contribution in [-0.4, -0.2) is 47.3 Å². The Morgan fingerprint density at radius 3 is 2.48 bits per heavy atom. The van der Waals surface area contributed by atoms with Crippen molar-refractivity contribution in [2.45, 2.75) is 17.6 Å². The maximum Gasteiger partial charge on any atom is 0.338 e. The Bertz CT molecular complexity index is 992. The number of nitriles is 1. The summed E-state index contributed by atoms with van der Waals surface area (Å²) in [6.07, 6.45) is -0.434. The van der Waals surface area contributed by atoms with Gasteiger partial charge < -0.3 is 20.3 Å². The summed E-state index contributed by atoms with van der Waals surface area (Å²) >= 11 is 0.957. The summed E-state index contributed by atoms with van der Waals surface area (Å²) in [6, 6.07) is 8.78. The Kier molecular flexibility index (Phi) is 5.52. The second-order valence-corrected chi connectivity index (χ2v) is 7.40. The predicted molar refractivity (Wildman–Crippen MR) is 102 cm³/mol. The summed E-state index contributed by atoms with van der Waals surface area (Å²) in [6.45, 7) is 0. The standard InChI is InChI=1S/C19H17N3O6S/c1-27-10-5-3-9(4-6-10)14-11(8-20)18-22(16(21)15(14)19(26)28-2)17(25)12(29-18)7-13(23)24/h3-6,12,14H,7,21H2,1-2H3,(H,23,24). The molecule has 0 bridgehead atoms. The third-order valence-electron chi connectivity index (χ3n) is 4.61. The fraction of sp³-hybridized carbons (Fsp3) is 0.263. The minimum Gasteiger partial charge on any atom is -0.497 e. The molecule has 29 heavy (non-hydrogen) atoms. The summed E-state index contributed by atoms with van der Waals surface area (Å²) in [7, 11) is 2.68. The first-order valence-electron chi connectivity index (χ1n) is 8.42. The largest absolute Gasteiger partial charge is 0.497 e. The van der Waals surface area contributed by atoms with Crippen LogP contribution < -0.4 is 10.5 Å². The quantitative estimate of drug-likeness (QED) is 0.680. The molecule has 3 N–H and O–H groups in total. The Labute approximate surface area is 170 Å². The smallest absolute Gasteiger partial charge is 0.338 e. The molecule has 1 aromatic rings. The lowest BCUT2D eigenvalue weighted by Crippen LogP contribution is -2.39. The molecular formula is C19H17N3O6S. The number of rotatable bonds is 5. The lowest BCUT2D eigenvalue weighted by Gasteiger charge is -2.31. The van der Waals surface area contributed by atoms with Gasteiger partial charge >= 0.3 is 11.9 Å². The number of carbonyl (C=O) groups excluding carboxylic acids is 2. The molecule has 1 fully saturated rings. The number of nitrogens with zero attached hydrogens (tertiary/aromatic N) is 2. The third-order valence-corrected chi connectivity index (χ3v) is 5.89. The van der Waals surface area contributed by atoms with Crippen LogP contribution in [0.15, 0.2) is 46.3 Å². The van der Waals surface area contributed by atoms with E-state index in [1.165, 1.54) is 14.2 Å². The highest BCUT2D eigenvalue weighted by atomic mass is 32.2. The number of methoxy groups -OCH3 is 2. The number of carbonyl (C=O) groups is 3. The summed E-state index contributed by atoms with van der Waals surface area (Å²) in [4.78, 5) is 37.4. The molecule has 3 rings (SSSR count). The molecule has 0 radical (unpaired) electrons. The zero-order chi connectivity index (χ0) is 21.3. The van der Waals surface area contributed by atoms with E-state index >= 15 is 0 Å². The monoisotopic (exact) mass is 415 g/mol. The van der Waals surface area contributed by atoms with Crippen molar-refractivity contribution in [3.8, 4) is 11.8 Å². The van der Waals surface area contributed by atoms with Crippen molar-refractivity contribution in [1.29, 1.82) is 5.26 Å². The molecule has 0 aromatic heterocycles. The number of nitrogens with two attached hydrogens (primary N) is 1. The van der Waals surface area contributed by atoms with Gasteiger partial charge in [0.1, 0.15) is 16.8 Å². The summed E-state index contributed by atoms with van der Waals surface area (Å²) in [5.74, 6) is -2.98. The van der Waals surface area contributed by atoms with E-state index in [0.29, 0.717) is 11.3 Å². The van der Waals surface area contributed by atoms with Gasteiger partial charge in [0.2, 0.25) is 5.91 Å². The van der Waals surface area contributed by atoms with E-state index in [1.807, 2.05) is 0 Å². The SMILES string of the molecule is COC(=O)C1=C(N)N2C(=O)C(CC(=O)O)SC2=C(C#N)C1c1ccc(OC)cc1. The van der Waals surface area contributed by atoms with Crippen LogP contribution in [-0.2, 0) is 19.1 Å². The first-order chi connectivity index (χ1) is 13.8. The molecule has 1 saturated heterocycles. The summed E-state index contributed by atoms with van der Waals surface area (Å²) < 4.78 is 10.00. The number of hydrogen-bond donors (Lipinski definition) is 2. The van der Waals surface area contributed by atoms with E-state index < -0.39 is 35.4 Å². The van der Waals surface area contributed by atoms with Gasteiger partial charge in [0, 0.05) is 0 Å². The van der Waals surface area contributed by atoms with Crippen LogP contribution in [0.2, 0.25) is 0 Å². The van der Waals surface area contributed by atoms with Crippen molar-refractivity contribution in [3.05, 3.63) is 51.8 Å². The fourth-order valence-corrected chi connectivity index (χ4v) is 4.58. The Balaban J connectivity index is 2.20. The van der Waals surface area contributed by atoms with Crippen molar-refractivity contribution < 1.29 is 29.0 Å². The number of carboxylic acid groups (broad SMARTS) is 1. The number of benzene rings is 1. The van der Waals surface area contributed by atoms with Gasteiger partial charge in [-0.3, -0.25) is 14.5 Å². The highest BCUT2D eigenvalue weighted by Gasteiger charge is 2.48. The first-order valence-corrected chi connectivity index (χ1v) is 9.30. The Morgan fingerprint density at radius 1 is 1.31 bits per heavy atom. The predicted octanol–water partition coefficient (Wildman–Crippen LogP) is 1.29. The van der Waals surface area contributed by atoms with E-state index in [1.54, 1.807) is 24.3 Å². The van der Waals surface area contributed by atoms with E-state index in [4.69, 9.17) is 20.3 Å². The van der Waals surface area contributed by atoms with Crippen LogP contribution >= 0.6 is 11.8 Å². The average Bonchev–Trinajstić information content (AvgIpc) is 3.03. The van der Waals surface area contributed by atoms with Crippen LogP contribution in [0.5, 0.6) is 5.75 Å². The van der Waals surface area contributed by atoms with Crippen molar-refractivity contribution in [3.63, 3.8) is 0 Å². The Hall–Kier alpha value is -3.45. The number of ether oxygens (including phenoxy) is 2. The topological polar surface area (TPSA) is 143 Å².